The molecule has 1 N–H and O–H groups in total. The van der Waals surface area contributed by atoms with Crippen molar-refractivity contribution in [3.63, 3.8) is 0 Å². The number of nitrogens with one attached hydrogen (secondary N) is 1. The second-order valence-corrected chi connectivity index (χ2v) is 6.89. The maximum Gasteiger partial charge on any atom is 0.445 e. The highest BCUT2D eigenvalue weighted by Gasteiger charge is 2.39. The van der Waals surface area contributed by atoms with Gasteiger partial charge in [0.2, 0.25) is 16.0 Å². The van der Waals surface area contributed by atoms with E-state index in [0.717, 1.165) is 19.3 Å². The lowest BCUT2D eigenvalue weighted by molar-refractivity contribution is -0.138. The summed E-state index contributed by atoms with van der Waals surface area (Å²) >= 11 is 3.72. The van der Waals surface area contributed by atoms with E-state index < -0.39 is 15.5 Å². The highest BCUT2D eigenvalue weighted by Crippen LogP contribution is 2.38. The van der Waals surface area contributed by atoms with Crippen LogP contribution >= 0.6 is 27.3 Å². The summed E-state index contributed by atoms with van der Waals surface area (Å²) < 4.78 is 36.4. The number of carbonyl (C=O) groups excluding carboxylic acids is 1. The lowest BCUT2D eigenvalue weighted by Gasteiger charge is -2.29. The Morgan fingerprint density at radius 2 is 1.89 bits per heavy atom. The van der Waals surface area contributed by atoms with Crippen molar-refractivity contribution in [2.24, 2.45) is 0 Å². The van der Waals surface area contributed by atoms with Crippen LogP contribution in [0.5, 0.6) is 0 Å². The molecule has 1 amide bonds. The van der Waals surface area contributed by atoms with Gasteiger partial charge >= 0.3 is 6.18 Å². The Balaban J connectivity index is 2.04. The van der Waals surface area contributed by atoms with Gasteiger partial charge in [0.05, 0.1) is 0 Å². The summed E-state index contributed by atoms with van der Waals surface area (Å²) in [5.41, 5.74) is 0. The van der Waals surface area contributed by atoms with Crippen molar-refractivity contribution in [2.75, 3.05) is 5.32 Å². The number of alkyl halides is 4. The zero-order valence-corrected chi connectivity index (χ0v) is 12.2. The first-order valence-electron chi connectivity index (χ1n) is 5.72. The predicted octanol–water partition coefficient (Wildman–Crippen LogP) is 3.59. The van der Waals surface area contributed by atoms with Crippen molar-refractivity contribution in [2.45, 2.75) is 42.6 Å². The second-order valence-electron chi connectivity index (χ2n) is 4.39. The van der Waals surface area contributed by atoms with Crippen LogP contribution in [0.15, 0.2) is 0 Å². The molecule has 0 aromatic carbocycles. The molecule has 1 fully saturated rings. The summed E-state index contributed by atoms with van der Waals surface area (Å²) in [5.74, 6) is -0.350. The molecule has 1 aliphatic rings. The van der Waals surface area contributed by atoms with Gasteiger partial charge in [-0.05, 0) is 12.8 Å². The number of carbonyl (C=O) groups is 1. The molecule has 0 saturated heterocycles. The Bertz CT molecular complexity index is 471. The first-order chi connectivity index (χ1) is 8.81. The predicted molar refractivity (Wildman–Crippen MR) is 68.3 cm³/mol. The highest BCUT2D eigenvalue weighted by molar-refractivity contribution is 9.10. The van der Waals surface area contributed by atoms with Crippen molar-refractivity contribution < 1.29 is 18.0 Å². The van der Waals surface area contributed by atoms with Gasteiger partial charge in [0, 0.05) is 0 Å². The van der Waals surface area contributed by atoms with E-state index in [9.17, 15) is 18.0 Å². The molecule has 1 aromatic rings. The molecule has 19 heavy (non-hydrogen) atoms. The zero-order valence-electron chi connectivity index (χ0n) is 9.76. The van der Waals surface area contributed by atoms with E-state index in [0.29, 0.717) is 24.2 Å². The van der Waals surface area contributed by atoms with E-state index in [1.165, 1.54) is 0 Å². The molecule has 0 atom stereocenters. The molecule has 2 rings (SSSR count). The first kappa shape index (κ1) is 14.7. The fraction of sp³-hybridized carbons (Fsp3) is 0.700. The van der Waals surface area contributed by atoms with Gasteiger partial charge in [0.1, 0.15) is 4.32 Å². The van der Waals surface area contributed by atoms with E-state index in [-0.39, 0.29) is 11.0 Å². The van der Waals surface area contributed by atoms with Crippen LogP contribution in [0.2, 0.25) is 0 Å². The standard InChI is InChI=1S/C10H11BrF3N3OS/c11-9(4-2-1-3-5-9)6(18)15-8-17-16-7(19-8)10(12,13)14/h1-5H2,(H,15,17,18). The number of hydrogen-bond acceptors (Lipinski definition) is 4. The van der Waals surface area contributed by atoms with Crippen LogP contribution in [-0.2, 0) is 11.0 Å². The molecule has 4 nitrogen and oxygen atoms in total. The molecule has 1 aromatic heterocycles. The van der Waals surface area contributed by atoms with E-state index in [1.54, 1.807) is 0 Å². The Labute approximate surface area is 119 Å². The van der Waals surface area contributed by atoms with E-state index in [1.807, 2.05) is 0 Å². The Hall–Kier alpha value is -0.700. The minimum absolute atomic E-state index is 0.123. The molecule has 1 aliphatic carbocycles. The second kappa shape index (κ2) is 5.35. The molecule has 106 valence electrons. The highest BCUT2D eigenvalue weighted by atomic mass is 79.9. The summed E-state index contributed by atoms with van der Waals surface area (Å²) in [6, 6.07) is 0. The molecule has 0 aliphatic heterocycles. The molecular formula is C10H11BrF3N3OS. The van der Waals surface area contributed by atoms with Gasteiger partial charge in [-0.25, -0.2) is 0 Å². The van der Waals surface area contributed by atoms with Crippen molar-refractivity contribution >= 4 is 38.3 Å². The Morgan fingerprint density at radius 1 is 1.26 bits per heavy atom. The molecule has 0 bridgehead atoms. The lowest BCUT2D eigenvalue weighted by Crippen LogP contribution is -2.38. The van der Waals surface area contributed by atoms with E-state index in [2.05, 4.69) is 31.4 Å². The van der Waals surface area contributed by atoms with Crippen molar-refractivity contribution in [3.8, 4) is 0 Å². The number of halogens is 4. The maximum absolute atomic E-state index is 12.4. The summed E-state index contributed by atoms with van der Waals surface area (Å²) in [6.07, 6.45) is -0.284. The van der Waals surface area contributed by atoms with Crippen molar-refractivity contribution in [1.82, 2.24) is 10.2 Å². The smallest absolute Gasteiger partial charge is 0.299 e. The van der Waals surface area contributed by atoms with Gasteiger partial charge in [0.25, 0.3) is 0 Å². The van der Waals surface area contributed by atoms with E-state index >= 15 is 0 Å². The molecule has 1 heterocycles. The van der Waals surface area contributed by atoms with Crippen LogP contribution in [0.1, 0.15) is 37.1 Å². The minimum atomic E-state index is -4.53. The van der Waals surface area contributed by atoms with E-state index in [4.69, 9.17) is 0 Å². The third-order valence-electron chi connectivity index (χ3n) is 2.94. The largest absolute Gasteiger partial charge is 0.445 e. The van der Waals surface area contributed by atoms with Crippen LogP contribution in [-0.4, -0.2) is 20.4 Å². The molecule has 1 saturated carbocycles. The molecule has 0 unspecified atom stereocenters. The summed E-state index contributed by atoms with van der Waals surface area (Å²) in [6.45, 7) is 0. The molecular weight excluding hydrogens is 347 g/mol. The van der Waals surface area contributed by atoms with Crippen LogP contribution in [0, 0.1) is 0 Å². The van der Waals surface area contributed by atoms with Gasteiger partial charge in [0.15, 0.2) is 0 Å². The number of anilines is 1. The Morgan fingerprint density at radius 3 is 2.42 bits per heavy atom. The third kappa shape index (κ3) is 3.44. The van der Waals surface area contributed by atoms with Crippen molar-refractivity contribution in [3.05, 3.63) is 5.01 Å². The van der Waals surface area contributed by atoms with Crippen molar-refractivity contribution in [1.29, 1.82) is 0 Å². The molecule has 0 radical (unpaired) electrons. The number of amides is 1. The van der Waals surface area contributed by atoms with Gasteiger partial charge < -0.3 is 0 Å². The summed E-state index contributed by atoms with van der Waals surface area (Å²) in [4.78, 5) is 12.0. The summed E-state index contributed by atoms with van der Waals surface area (Å²) in [5, 5.41) is 7.59. The summed E-state index contributed by atoms with van der Waals surface area (Å²) in [7, 11) is 0. The SMILES string of the molecule is O=C(Nc1nnc(C(F)(F)F)s1)C1(Br)CCCCC1. The fourth-order valence-electron chi connectivity index (χ4n) is 1.94. The number of hydrogen-bond donors (Lipinski definition) is 1. The third-order valence-corrected chi connectivity index (χ3v) is 4.98. The number of aromatic nitrogens is 2. The van der Waals surface area contributed by atoms with Crippen LogP contribution in [0.4, 0.5) is 18.3 Å². The van der Waals surface area contributed by atoms with Gasteiger partial charge in [-0.15, -0.1) is 10.2 Å². The Kier molecular flexibility index (Phi) is 4.14. The fourth-order valence-corrected chi connectivity index (χ4v) is 3.20. The topological polar surface area (TPSA) is 54.9 Å². The average Bonchev–Trinajstić information content (AvgIpc) is 2.78. The molecule has 0 spiro atoms. The van der Waals surface area contributed by atoms with Crippen LogP contribution in [0.3, 0.4) is 0 Å². The van der Waals surface area contributed by atoms with Gasteiger partial charge in [-0.3, -0.25) is 10.1 Å². The first-order valence-corrected chi connectivity index (χ1v) is 7.33. The zero-order chi connectivity index (χ0) is 14.1. The average molecular weight is 358 g/mol. The van der Waals surface area contributed by atoms with Crippen LogP contribution in [0.25, 0.3) is 0 Å². The quantitative estimate of drug-likeness (QED) is 0.822. The normalized spacial score (nSPS) is 19.2. The molecule has 9 heteroatoms. The van der Waals surface area contributed by atoms with Gasteiger partial charge in [-0.1, -0.05) is 46.5 Å². The lowest BCUT2D eigenvalue weighted by atomic mass is 9.88. The van der Waals surface area contributed by atoms with Crippen LogP contribution < -0.4 is 5.32 Å². The number of nitrogens with zero attached hydrogens (tertiary/aromatic N) is 2. The van der Waals surface area contributed by atoms with Gasteiger partial charge in [-0.2, -0.15) is 13.2 Å². The monoisotopic (exact) mass is 357 g/mol. The number of rotatable bonds is 2. The minimum Gasteiger partial charge on any atom is -0.299 e. The maximum atomic E-state index is 12.4.